The molecule has 0 saturated heterocycles. The summed E-state index contributed by atoms with van der Waals surface area (Å²) in [6.45, 7) is 3.77. The Morgan fingerprint density at radius 3 is 2.43 bits per heavy atom. The average molecular weight is 329 g/mol. The maximum atomic E-state index is 12.0. The van der Waals surface area contributed by atoms with E-state index in [0.717, 1.165) is 5.56 Å². The van der Waals surface area contributed by atoms with Gasteiger partial charge in [0.2, 0.25) is 5.91 Å². The Balaban J connectivity index is 2.04. The van der Waals surface area contributed by atoms with Crippen molar-refractivity contribution in [1.29, 1.82) is 0 Å². The van der Waals surface area contributed by atoms with E-state index in [4.69, 9.17) is 0 Å². The molecular formula is C17H19N3O2S. The third-order valence-electron chi connectivity index (χ3n) is 3.13. The number of nitrogens with zero attached hydrogens (tertiary/aromatic N) is 2. The van der Waals surface area contributed by atoms with Crippen LogP contribution in [0, 0.1) is 13.8 Å². The van der Waals surface area contributed by atoms with Crippen LogP contribution in [-0.2, 0) is 4.79 Å². The number of amides is 2. The van der Waals surface area contributed by atoms with E-state index in [0.29, 0.717) is 15.7 Å². The first-order chi connectivity index (χ1) is 10.9. The lowest BCUT2D eigenvalue weighted by molar-refractivity contribution is -0.111. The zero-order chi connectivity index (χ0) is 17.0. The van der Waals surface area contributed by atoms with E-state index in [9.17, 15) is 9.59 Å². The summed E-state index contributed by atoms with van der Waals surface area (Å²) in [5.41, 5.74) is 2.74. The molecule has 0 bridgehead atoms. The number of aromatic nitrogens is 1. The molecule has 6 heteroatoms. The van der Waals surface area contributed by atoms with E-state index in [1.165, 1.54) is 27.9 Å². The van der Waals surface area contributed by atoms with E-state index < -0.39 is 0 Å². The number of carbonyl (C=O) groups excluding carboxylic acids is 2. The molecule has 23 heavy (non-hydrogen) atoms. The van der Waals surface area contributed by atoms with Gasteiger partial charge in [-0.2, -0.15) is 0 Å². The van der Waals surface area contributed by atoms with E-state index in [1.807, 2.05) is 31.2 Å². The zero-order valence-corrected chi connectivity index (χ0v) is 14.4. The van der Waals surface area contributed by atoms with Crippen LogP contribution < -0.4 is 5.32 Å². The van der Waals surface area contributed by atoms with Crippen molar-refractivity contribution in [3.05, 3.63) is 52.0 Å². The van der Waals surface area contributed by atoms with Gasteiger partial charge in [-0.05, 0) is 25.5 Å². The van der Waals surface area contributed by atoms with Crippen LogP contribution in [0.4, 0.5) is 5.13 Å². The molecule has 0 aliphatic carbocycles. The Hall–Kier alpha value is -2.47. The molecule has 2 aromatic rings. The Morgan fingerprint density at radius 2 is 1.83 bits per heavy atom. The van der Waals surface area contributed by atoms with Crippen molar-refractivity contribution in [3.63, 3.8) is 0 Å². The van der Waals surface area contributed by atoms with Crippen LogP contribution in [-0.4, -0.2) is 35.8 Å². The van der Waals surface area contributed by atoms with Crippen LogP contribution in [0.15, 0.2) is 30.3 Å². The Kier molecular flexibility index (Phi) is 5.28. The van der Waals surface area contributed by atoms with Crippen LogP contribution in [0.1, 0.15) is 26.5 Å². The van der Waals surface area contributed by atoms with Gasteiger partial charge in [-0.15, -0.1) is 0 Å². The fourth-order valence-electron chi connectivity index (χ4n) is 1.85. The number of nitrogens with one attached hydrogen (secondary N) is 1. The molecule has 1 heterocycles. The van der Waals surface area contributed by atoms with E-state index in [-0.39, 0.29) is 11.8 Å². The van der Waals surface area contributed by atoms with E-state index in [1.54, 1.807) is 27.1 Å². The Labute approximate surface area is 139 Å². The maximum absolute atomic E-state index is 12.0. The highest BCUT2D eigenvalue weighted by Crippen LogP contribution is 2.23. The summed E-state index contributed by atoms with van der Waals surface area (Å²) >= 11 is 1.18. The van der Waals surface area contributed by atoms with E-state index in [2.05, 4.69) is 10.3 Å². The number of benzene rings is 1. The molecule has 0 unspecified atom stereocenters. The Morgan fingerprint density at radius 1 is 1.17 bits per heavy atom. The Bertz CT molecular complexity index is 746. The van der Waals surface area contributed by atoms with Gasteiger partial charge in [-0.25, -0.2) is 4.98 Å². The van der Waals surface area contributed by atoms with Crippen molar-refractivity contribution < 1.29 is 9.59 Å². The summed E-state index contributed by atoms with van der Waals surface area (Å²) in [6.07, 6.45) is 3.19. The molecule has 0 fully saturated rings. The SMILES string of the molecule is Cc1ccc(C=CC(=O)Nc2nc(C)c(C(=O)N(C)C)s2)cc1. The highest BCUT2D eigenvalue weighted by Gasteiger charge is 2.17. The monoisotopic (exact) mass is 329 g/mol. The topological polar surface area (TPSA) is 62.3 Å². The second-order valence-corrected chi connectivity index (χ2v) is 6.37. The van der Waals surface area contributed by atoms with Gasteiger partial charge in [0.15, 0.2) is 5.13 Å². The van der Waals surface area contributed by atoms with Crippen molar-refractivity contribution in [2.45, 2.75) is 13.8 Å². The first-order valence-electron chi connectivity index (χ1n) is 7.11. The standard InChI is InChI=1S/C17H19N3O2S/c1-11-5-7-13(8-6-11)9-10-14(21)19-17-18-12(2)15(23-17)16(22)20(3)4/h5-10H,1-4H3,(H,18,19,21). The highest BCUT2D eigenvalue weighted by molar-refractivity contribution is 7.17. The molecule has 0 saturated carbocycles. The molecule has 1 N–H and O–H groups in total. The predicted octanol–water partition coefficient (Wildman–Crippen LogP) is 3.11. The molecule has 1 aromatic heterocycles. The number of carbonyl (C=O) groups is 2. The lowest BCUT2D eigenvalue weighted by Gasteiger charge is -2.07. The van der Waals surface area contributed by atoms with Gasteiger partial charge in [-0.3, -0.25) is 14.9 Å². The smallest absolute Gasteiger partial charge is 0.265 e. The van der Waals surface area contributed by atoms with Crippen molar-refractivity contribution >= 4 is 34.4 Å². The largest absolute Gasteiger partial charge is 0.344 e. The maximum Gasteiger partial charge on any atom is 0.265 e. The molecule has 2 rings (SSSR count). The first-order valence-corrected chi connectivity index (χ1v) is 7.93. The number of anilines is 1. The number of rotatable bonds is 4. The molecular weight excluding hydrogens is 310 g/mol. The van der Waals surface area contributed by atoms with Crippen molar-refractivity contribution in [1.82, 2.24) is 9.88 Å². The van der Waals surface area contributed by atoms with Crippen molar-refractivity contribution in [2.24, 2.45) is 0 Å². The second-order valence-electron chi connectivity index (χ2n) is 5.37. The van der Waals surface area contributed by atoms with Gasteiger partial charge in [-0.1, -0.05) is 41.2 Å². The summed E-state index contributed by atoms with van der Waals surface area (Å²) in [6, 6.07) is 7.86. The van der Waals surface area contributed by atoms with Gasteiger partial charge in [0.1, 0.15) is 4.88 Å². The number of aryl methyl sites for hydroxylation is 2. The third-order valence-corrected chi connectivity index (χ3v) is 4.19. The fraction of sp³-hybridized carbons (Fsp3) is 0.235. The normalized spacial score (nSPS) is 10.8. The van der Waals surface area contributed by atoms with Crippen LogP contribution >= 0.6 is 11.3 Å². The second kappa shape index (κ2) is 7.19. The van der Waals surface area contributed by atoms with Gasteiger partial charge in [0.25, 0.3) is 5.91 Å². The fourth-order valence-corrected chi connectivity index (χ4v) is 2.84. The molecule has 0 spiro atoms. The number of thiazole rings is 1. The lowest BCUT2D eigenvalue weighted by atomic mass is 10.1. The average Bonchev–Trinajstić information content (AvgIpc) is 2.86. The van der Waals surface area contributed by atoms with Gasteiger partial charge >= 0.3 is 0 Å². The summed E-state index contributed by atoms with van der Waals surface area (Å²) in [4.78, 5) is 30.2. The molecule has 1 aromatic carbocycles. The van der Waals surface area contributed by atoms with Gasteiger partial charge < -0.3 is 4.90 Å². The minimum Gasteiger partial charge on any atom is -0.344 e. The van der Waals surface area contributed by atoms with E-state index >= 15 is 0 Å². The van der Waals surface area contributed by atoms with Crippen LogP contribution in [0.3, 0.4) is 0 Å². The minimum absolute atomic E-state index is 0.115. The van der Waals surface area contributed by atoms with Gasteiger partial charge in [0.05, 0.1) is 5.69 Å². The minimum atomic E-state index is -0.275. The lowest BCUT2D eigenvalue weighted by Crippen LogP contribution is -2.21. The molecule has 2 amide bonds. The summed E-state index contributed by atoms with van der Waals surface area (Å²) in [7, 11) is 3.37. The summed E-state index contributed by atoms with van der Waals surface area (Å²) in [5.74, 6) is -0.390. The molecule has 0 radical (unpaired) electrons. The summed E-state index contributed by atoms with van der Waals surface area (Å²) in [5, 5.41) is 3.11. The first kappa shape index (κ1) is 16.9. The predicted molar refractivity (Wildman–Crippen MR) is 93.7 cm³/mol. The number of hydrogen-bond acceptors (Lipinski definition) is 4. The van der Waals surface area contributed by atoms with Crippen LogP contribution in [0.2, 0.25) is 0 Å². The van der Waals surface area contributed by atoms with Crippen LogP contribution in [0.5, 0.6) is 0 Å². The highest BCUT2D eigenvalue weighted by atomic mass is 32.1. The number of hydrogen-bond donors (Lipinski definition) is 1. The van der Waals surface area contributed by atoms with Gasteiger partial charge in [0, 0.05) is 20.2 Å². The third kappa shape index (κ3) is 4.50. The molecule has 0 aliphatic rings. The quantitative estimate of drug-likeness (QED) is 0.877. The summed E-state index contributed by atoms with van der Waals surface area (Å²) < 4.78 is 0. The zero-order valence-electron chi connectivity index (χ0n) is 13.6. The molecule has 120 valence electrons. The van der Waals surface area contributed by atoms with Crippen molar-refractivity contribution in [2.75, 3.05) is 19.4 Å². The van der Waals surface area contributed by atoms with Crippen LogP contribution in [0.25, 0.3) is 6.08 Å². The van der Waals surface area contributed by atoms with Crippen molar-refractivity contribution in [3.8, 4) is 0 Å². The molecule has 0 atom stereocenters. The molecule has 0 aliphatic heterocycles. The molecule has 5 nitrogen and oxygen atoms in total.